The molecule has 0 unspecified atom stereocenters. The Morgan fingerprint density at radius 2 is 1.70 bits per heavy atom. The molecule has 0 amide bonds. The van der Waals surface area contributed by atoms with Crippen LogP contribution in [0.1, 0.15) is 11.1 Å². The Hall–Kier alpha value is 0.290. The molecule has 0 fully saturated rings. The smallest absolute Gasteiger partial charge is 0.0410 e. The average Bonchev–Trinajstić information content (AvgIpc) is 2.46. The van der Waals surface area contributed by atoms with E-state index < -0.39 is 0 Å². The average molecular weight is 527 g/mol. The summed E-state index contributed by atoms with van der Waals surface area (Å²) in [5, 5.41) is 1.75. The number of hydrogen-bond acceptors (Lipinski definition) is 1. The fraction of sp³-hybridized carbons (Fsp3) is 0.267. The predicted octanol–water partition coefficient (Wildman–Crippen LogP) is 5.88. The van der Waals surface area contributed by atoms with Gasteiger partial charge in [0.25, 0.3) is 0 Å². The van der Waals surface area contributed by atoms with Gasteiger partial charge in [-0.05, 0) is 45.6 Å². The highest BCUT2D eigenvalue weighted by Crippen LogP contribution is 2.37. The van der Waals surface area contributed by atoms with Gasteiger partial charge in [-0.2, -0.15) is 0 Å². The van der Waals surface area contributed by atoms with E-state index >= 15 is 0 Å². The summed E-state index contributed by atoms with van der Waals surface area (Å²) in [7, 11) is 0. The Morgan fingerprint density at radius 1 is 1.00 bits per heavy atom. The van der Waals surface area contributed by atoms with Gasteiger partial charge in [0.05, 0.1) is 0 Å². The highest BCUT2D eigenvalue weighted by Gasteiger charge is 2.32. The third-order valence-electron chi connectivity index (χ3n) is 3.26. The van der Waals surface area contributed by atoms with Gasteiger partial charge >= 0.3 is 0 Å². The molecule has 1 aromatic heterocycles. The molecular weight excluding hydrogens is 514 g/mol. The molecule has 0 aliphatic carbocycles. The lowest BCUT2D eigenvalue weighted by Gasteiger charge is -2.32. The van der Waals surface area contributed by atoms with Gasteiger partial charge in [0.1, 0.15) is 0 Å². The van der Waals surface area contributed by atoms with Crippen LogP contribution in [0.2, 0.25) is 0 Å². The van der Waals surface area contributed by atoms with Crippen molar-refractivity contribution in [3.05, 3.63) is 62.8 Å². The van der Waals surface area contributed by atoms with E-state index in [-0.39, 0.29) is 5.41 Å². The Balaban J connectivity index is 2.42. The minimum Gasteiger partial charge on any atom is -0.263 e. The lowest BCUT2D eigenvalue weighted by Crippen LogP contribution is -2.33. The Labute approximate surface area is 153 Å². The molecular formula is C15H13Br4N. The van der Waals surface area contributed by atoms with Crippen molar-refractivity contribution in [2.24, 2.45) is 0 Å². The lowest BCUT2D eigenvalue weighted by molar-refractivity contribution is 0.547. The summed E-state index contributed by atoms with van der Waals surface area (Å²) < 4.78 is 2.15. The zero-order valence-corrected chi connectivity index (χ0v) is 17.0. The molecule has 1 heterocycles. The Bertz CT molecular complexity index is 582. The first kappa shape index (κ1) is 16.7. The molecule has 0 aliphatic heterocycles. The summed E-state index contributed by atoms with van der Waals surface area (Å²) in [4.78, 5) is 4.26. The summed E-state index contributed by atoms with van der Waals surface area (Å²) in [6, 6.07) is 10.5. The maximum Gasteiger partial charge on any atom is 0.0410 e. The lowest BCUT2D eigenvalue weighted by atomic mass is 9.79. The van der Waals surface area contributed by atoms with Gasteiger partial charge in [-0.25, -0.2) is 0 Å². The second-order valence-corrected chi connectivity index (χ2v) is 7.61. The van der Waals surface area contributed by atoms with Crippen molar-refractivity contribution in [1.29, 1.82) is 0 Å². The van der Waals surface area contributed by atoms with Gasteiger partial charge in [-0.15, -0.1) is 0 Å². The second kappa shape index (κ2) is 7.52. The molecule has 20 heavy (non-hydrogen) atoms. The number of aromatic nitrogens is 1. The van der Waals surface area contributed by atoms with Gasteiger partial charge in [0.15, 0.2) is 0 Å². The highest BCUT2D eigenvalue weighted by molar-refractivity contribution is 9.11. The molecule has 0 atom stereocenters. The van der Waals surface area contributed by atoms with E-state index in [9.17, 15) is 0 Å². The maximum absolute atomic E-state index is 4.26. The van der Waals surface area contributed by atoms with E-state index in [4.69, 9.17) is 0 Å². The normalized spacial score (nSPS) is 11.6. The molecule has 5 heteroatoms. The minimum atomic E-state index is -0.0113. The van der Waals surface area contributed by atoms with Crippen molar-refractivity contribution in [2.75, 3.05) is 10.7 Å². The molecule has 0 radical (unpaired) electrons. The van der Waals surface area contributed by atoms with Crippen LogP contribution >= 0.6 is 63.7 Å². The first-order valence-electron chi connectivity index (χ1n) is 6.08. The van der Waals surface area contributed by atoms with E-state index in [2.05, 4.69) is 93.0 Å². The van der Waals surface area contributed by atoms with Crippen LogP contribution in [-0.2, 0) is 11.8 Å². The molecule has 106 valence electrons. The molecule has 2 rings (SSSR count). The maximum atomic E-state index is 4.26. The fourth-order valence-electron chi connectivity index (χ4n) is 2.20. The van der Waals surface area contributed by atoms with Crippen molar-refractivity contribution in [3.63, 3.8) is 0 Å². The van der Waals surface area contributed by atoms with Crippen LogP contribution in [-0.4, -0.2) is 15.6 Å². The third-order valence-corrected chi connectivity index (χ3v) is 6.53. The molecule has 0 aliphatic rings. The summed E-state index contributed by atoms with van der Waals surface area (Å²) in [6.45, 7) is 0. The number of benzene rings is 1. The number of alkyl halides is 2. The SMILES string of the molecule is BrCC(CBr)(Cc1cncc(Br)c1)c1ccccc1Br. The van der Waals surface area contributed by atoms with E-state index in [0.717, 1.165) is 26.0 Å². The standard InChI is InChI=1S/C15H13Br4N/c16-9-15(10-17,13-3-1-2-4-14(13)19)6-11-5-12(18)8-20-7-11/h1-5,7-8H,6,9-10H2. The molecule has 1 aromatic carbocycles. The monoisotopic (exact) mass is 523 g/mol. The molecule has 0 saturated heterocycles. The van der Waals surface area contributed by atoms with E-state index in [0.29, 0.717) is 0 Å². The Morgan fingerprint density at radius 3 is 2.30 bits per heavy atom. The van der Waals surface area contributed by atoms with Crippen molar-refractivity contribution in [2.45, 2.75) is 11.8 Å². The zero-order valence-electron chi connectivity index (χ0n) is 10.6. The minimum absolute atomic E-state index is 0.0113. The van der Waals surface area contributed by atoms with Crippen LogP contribution in [0.4, 0.5) is 0 Å². The zero-order chi connectivity index (χ0) is 14.6. The quantitative estimate of drug-likeness (QED) is 0.444. The summed E-state index contributed by atoms with van der Waals surface area (Å²) in [6.07, 6.45) is 4.66. The van der Waals surface area contributed by atoms with Gasteiger partial charge < -0.3 is 0 Å². The van der Waals surface area contributed by atoms with Crippen LogP contribution < -0.4 is 0 Å². The summed E-state index contributed by atoms with van der Waals surface area (Å²) in [5.41, 5.74) is 2.51. The largest absolute Gasteiger partial charge is 0.263 e. The first-order chi connectivity index (χ1) is 9.61. The van der Waals surface area contributed by atoms with Crippen LogP contribution in [0.15, 0.2) is 51.7 Å². The van der Waals surface area contributed by atoms with Gasteiger partial charge in [-0.3, -0.25) is 4.98 Å². The molecule has 0 bridgehead atoms. The van der Waals surface area contributed by atoms with Crippen LogP contribution in [0.25, 0.3) is 0 Å². The van der Waals surface area contributed by atoms with Gasteiger partial charge in [0.2, 0.25) is 0 Å². The van der Waals surface area contributed by atoms with E-state index in [1.54, 1.807) is 0 Å². The van der Waals surface area contributed by atoms with Crippen molar-refractivity contribution in [1.82, 2.24) is 4.98 Å². The topological polar surface area (TPSA) is 12.9 Å². The fourth-order valence-corrected chi connectivity index (χ4v) is 5.25. The summed E-state index contributed by atoms with van der Waals surface area (Å²) in [5.74, 6) is 0. The number of pyridine rings is 1. The number of nitrogens with zero attached hydrogens (tertiary/aromatic N) is 1. The summed E-state index contributed by atoms with van der Waals surface area (Å²) >= 11 is 14.6. The molecule has 2 aromatic rings. The van der Waals surface area contributed by atoms with Crippen molar-refractivity contribution < 1.29 is 0 Å². The molecule has 0 N–H and O–H groups in total. The van der Waals surface area contributed by atoms with Crippen molar-refractivity contribution >= 4 is 63.7 Å². The molecule has 0 saturated carbocycles. The number of hydrogen-bond donors (Lipinski definition) is 0. The first-order valence-corrected chi connectivity index (χ1v) is 9.90. The van der Waals surface area contributed by atoms with Crippen molar-refractivity contribution in [3.8, 4) is 0 Å². The van der Waals surface area contributed by atoms with E-state index in [1.165, 1.54) is 11.1 Å². The Kier molecular flexibility index (Phi) is 6.26. The van der Waals surface area contributed by atoms with E-state index in [1.807, 2.05) is 18.5 Å². The number of rotatable bonds is 5. The third kappa shape index (κ3) is 3.73. The van der Waals surface area contributed by atoms with Crippen LogP contribution in [0.5, 0.6) is 0 Å². The molecule has 1 nitrogen and oxygen atoms in total. The number of halogens is 4. The molecule has 0 spiro atoms. The van der Waals surface area contributed by atoms with Crippen LogP contribution in [0, 0.1) is 0 Å². The predicted molar refractivity (Wildman–Crippen MR) is 99.0 cm³/mol. The van der Waals surface area contributed by atoms with Crippen LogP contribution in [0.3, 0.4) is 0 Å². The second-order valence-electron chi connectivity index (χ2n) is 4.72. The van der Waals surface area contributed by atoms with Gasteiger partial charge in [0, 0.05) is 37.4 Å². The highest BCUT2D eigenvalue weighted by atomic mass is 79.9. The van der Waals surface area contributed by atoms with Gasteiger partial charge in [-0.1, -0.05) is 66.0 Å².